The number of benzene rings is 1. The lowest BCUT2D eigenvalue weighted by Gasteiger charge is -2.24. The summed E-state index contributed by atoms with van der Waals surface area (Å²) in [5, 5.41) is 0. The van der Waals surface area contributed by atoms with Gasteiger partial charge in [-0.1, -0.05) is 19.1 Å². The van der Waals surface area contributed by atoms with Crippen LogP contribution in [0.15, 0.2) is 24.3 Å². The monoisotopic (exact) mass is 199 g/mol. The third kappa shape index (κ3) is 2.77. The fourth-order valence-corrected chi connectivity index (χ4v) is 1.31. The Kier molecular flexibility index (Phi) is 3.58. The predicted molar refractivity (Wildman–Crippen MR) is 53.2 cm³/mol. The molecule has 1 atom stereocenters. The zero-order valence-electron chi connectivity index (χ0n) is 8.26. The van der Waals surface area contributed by atoms with Gasteiger partial charge in [-0.05, 0) is 24.1 Å². The minimum atomic E-state index is -0.576. The van der Waals surface area contributed by atoms with Gasteiger partial charge in [-0.15, -0.1) is 0 Å². The molecule has 0 spiro atoms. The summed E-state index contributed by atoms with van der Waals surface area (Å²) in [6.07, 6.45) is 0.470. The summed E-state index contributed by atoms with van der Waals surface area (Å²) in [6.45, 7) is 1.54. The van der Waals surface area contributed by atoms with Gasteiger partial charge in [0.15, 0.2) is 0 Å². The van der Waals surface area contributed by atoms with Gasteiger partial charge in [-0.2, -0.15) is 0 Å². The molecule has 1 aromatic rings. The average molecular weight is 199 g/mol. The third-order valence-electron chi connectivity index (χ3n) is 2.34. The van der Waals surface area contributed by atoms with E-state index in [2.05, 4.69) is 0 Å². The highest BCUT2D eigenvalue weighted by atomic mass is 19.1. The highest BCUT2D eigenvalue weighted by Gasteiger charge is 2.22. The highest BCUT2D eigenvalue weighted by molar-refractivity contribution is 5.18. The SMILES string of the molecule is CC(CN)(CF)Cc1cccc(F)c1. The van der Waals surface area contributed by atoms with E-state index in [1.165, 1.54) is 12.1 Å². The standard InChI is InChI=1S/C11H15F2N/c1-11(7-12,8-14)6-9-3-2-4-10(13)5-9/h2-5H,6-8,14H2,1H3. The lowest BCUT2D eigenvalue weighted by molar-refractivity contribution is 0.238. The van der Waals surface area contributed by atoms with E-state index in [9.17, 15) is 8.78 Å². The first-order chi connectivity index (χ1) is 6.59. The fourth-order valence-electron chi connectivity index (χ4n) is 1.31. The first kappa shape index (κ1) is 11.1. The molecule has 0 aliphatic heterocycles. The van der Waals surface area contributed by atoms with Crippen molar-refractivity contribution in [3.8, 4) is 0 Å². The Labute approximate surface area is 82.9 Å². The number of rotatable bonds is 4. The van der Waals surface area contributed by atoms with Crippen LogP contribution in [0.5, 0.6) is 0 Å². The van der Waals surface area contributed by atoms with Crippen molar-refractivity contribution < 1.29 is 8.78 Å². The van der Waals surface area contributed by atoms with Gasteiger partial charge in [0.1, 0.15) is 5.82 Å². The highest BCUT2D eigenvalue weighted by Crippen LogP contribution is 2.22. The van der Waals surface area contributed by atoms with Gasteiger partial charge in [-0.3, -0.25) is 4.39 Å². The van der Waals surface area contributed by atoms with Crippen LogP contribution in [0.25, 0.3) is 0 Å². The molecule has 3 heteroatoms. The number of hydrogen-bond donors (Lipinski definition) is 1. The molecule has 1 unspecified atom stereocenters. The first-order valence-corrected chi connectivity index (χ1v) is 4.60. The van der Waals surface area contributed by atoms with E-state index in [1.54, 1.807) is 19.1 Å². The number of halogens is 2. The Bertz CT molecular complexity index is 295. The van der Waals surface area contributed by atoms with Crippen molar-refractivity contribution in [2.24, 2.45) is 11.1 Å². The second kappa shape index (κ2) is 4.51. The van der Waals surface area contributed by atoms with Crippen molar-refractivity contribution in [3.63, 3.8) is 0 Å². The maximum atomic E-state index is 12.8. The molecule has 14 heavy (non-hydrogen) atoms. The molecule has 0 fully saturated rings. The smallest absolute Gasteiger partial charge is 0.123 e. The molecule has 0 saturated carbocycles. The van der Waals surface area contributed by atoms with Crippen LogP contribution >= 0.6 is 0 Å². The molecule has 0 saturated heterocycles. The molecule has 78 valence electrons. The van der Waals surface area contributed by atoms with Crippen LogP contribution in [0.1, 0.15) is 12.5 Å². The maximum absolute atomic E-state index is 12.8. The van der Waals surface area contributed by atoms with E-state index in [0.717, 1.165) is 5.56 Å². The van der Waals surface area contributed by atoms with Crippen molar-refractivity contribution in [1.82, 2.24) is 0 Å². The molecule has 0 bridgehead atoms. The lowest BCUT2D eigenvalue weighted by Crippen LogP contribution is -2.31. The van der Waals surface area contributed by atoms with Crippen molar-refractivity contribution in [1.29, 1.82) is 0 Å². The average Bonchev–Trinajstić information content (AvgIpc) is 2.18. The Balaban J connectivity index is 2.77. The molecular weight excluding hydrogens is 184 g/mol. The van der Waals surface area contributed by atoms with Crippen molar-refractivity contribution in [2.75, 3.05) is 13.2 Å². The number of nitrogens with two attached hydrogens (primary N) is 1. The first-order valence-electron chi connectivity index (χ1n) is 4.60. The van der Waals surface area contributed by atoms with Gasteiger partial charge < -0.3 is 5.73 Å². The Morgan fingerprint density at radius 2 is 2.14 bits per heavy atom. The summed E-state index contributed by atoms with van der Waals surface area (Å²) in [7, 11) is 0. The van der Waals surface area contributed by atoms with Gasteiger partial charge in [0.05, 0.1) is 6.67 Å². The Hall–Kier alpha value is -0.960. The van der Waals surface area contributed by atoms with Crippen molar-refractivity contribution in [3.05, 3.63) is 35.6 Å². The van der Waals surface area contributed by atoms with Crippen molar-refractivity contribution in [2.45, 2.75) is 13.3 Å². The van der Waals surface area contributed by atoms with Gasteiger partial charge in [0.25, 0.3) is 0 Å². The summed E-state index contributed by atoms with van der Waals surface area (Å²) >= 11 is 0. The number of alkyl halides is 1. The van der Waals surface area contributed by atoms with Crippen LogP contribution in [0.4, 0.5) is 8.78 Å². The summed E-state index contributed by atoms with van der Waals surface area (Å²) in [6, 6.07) is 6.20. The molecule has 2 N–H and O–H groups in total. The fraction of sp³-hybridized carbons (Fsp3) is 0.455. The Morgan fingerprint density at radius 3 is 2.64 bits per heavy atom. The van der Waals surface area contributed by atoms with E-state index in [4.69, 9.17) is 5.73 Å². The van der Waals surface area contributed by atoms with Crippen LogP contribution in [0.3, 0.4) is 0 Å². The molecule has 0 heterocycles. The van der Waals surface area contributed by atoms with E-state index in [0.29, 0.717) is 6.42 Å². The summed E-state index contributed by atoms with van der Waals surface area (Å²) in [5.41, 5.74) is 5.68. The van der Waals surface area contributed by atoms with Crippen LogP contribution in [0, 0.1) is 11.2 Å². The zero-order chi connectivity index (χ0) is 10.6. The van der Waals surface area contributed by atoms with E-state index < -0.39 is 12.1 Å². The molecule has 1 aromatic carbocycles. The van der Waals surface area contributed by atoms with Crippen LogP contribution in [-0.4, -0.2) is 13.2 Å². The van der Waals surface area contributed by atoms with Crippen LogP contribution < -0.4 is 5.73 Å². The molecule has 0 aliphatic rings. The predicted octanol–water partition coefficient (Wildman–Crippen LogP) is 2.30. The van der Waals surface area contributed by atoms with Gasteiger partial charge in [-0.25, -0.2) is 4.39 Å². The second-order valence-electron chi connectivity index (χ2n) is 3.96. The molecule has 1 nitrogen and oxygen atoms in total. The van der Waals surface area contributed by atoms with Crippen LogP contribution in [0.2, 0.25) is 0 Å². The number of hydrogen-bond acceptors (Lipinski definition) is 1. The van der Waals surface area contributed by atoms with Gasteiger partial charge >= 0.3 is 0 Å². The molecule has 0 aromatic heterocycles. The Morgan fingerprint density at radius 1 is 1.43 bits per heavy atom. The third-order valence-corrected chi connectivity index (χ3v) is 2.34. The maximum Gasteiger partial charge on any atom is 0.123 e. The molecule has 0 radical (unpaired) electrons. The summed E-state index contributed by atoms with van der Waals surface area (Å²) in [5.74, 6) is -0.291. The van der Waals surface area contributed by atoms with E-state index >= 15 is 0 Å². The van der Waals surface area contributed by atoms with Crippen LogP contribution in [-0.2, 0) is 6.42 Å². The quantitative estimate of drug-likeness (QED) is 0.791. The van der Waals surface area contributed by atoms with Gasteiger partial charge in [0, 0.05) is 12.0 Å². The summed E-state index contributed by atoms with van der Waals surface area (Å²) < 4.78 is 25.5. The minimum absolute atomic E-state index is 0.264. The van der Waals surface area contributed by atoms with E-state index in [-0.39, 0.29) is 12.4 Å². The largest absolute Gasteiger partial charge is 0.330 e. The molecule has 1 rings (SSSR count). The normalized spacial score (nSPS) is 15.1. The summed E-state index contributed by atoms with van der Waals surface area (Å²) in [4.78, 5) is 0. The minimum Gasteiger partial charge on any atom is -0.330 e. The second-order valence-corrected chi connectivity index (χ2v) is 3.96. The van der Waals surface area contributed by atoms with E-state index in [1.807, 2.05) is 0 Å². The zero-order valence-corrected chi connectivity index (χ0v) is 8.26. The lowest BCUT2D eigenvalue weighted by atomic mass is 9.85. The van der Waals surface area contributed by atoms with Crippen molar-refractivity contribution >= 4 is 0 Å². The molecule has 0 aliphatic carbocycles. The topological polar surface area (TPSA) is 26.0 Å². The van der Waals surface area contributed by atoms with Gasteiger partial charge in [0.2, 0.25) is 0 Å². The molecular formula is C11H15F2N. The molecule has 0 amide bonds.